The molecule has 5 aliphatic rings. The number of hydrazone groups is 1. The van der Waals surface area contributed by atoms with Crippen molar-refractivity contribution in [2.24, 2.45) is 45.5 Å². The van der Waals surface area contributed by atoms with Crippen molar-refractivity contribution in [3.8, 4) is 0 Å². The summed E-state index contributed by atoms with van der Waals surface area (Å²) in [6.45, 7) is 6.70. The monoisotopic (exact) mass is 346 g/mol. The molecule has 0 bridgehead atoms. The molecule has 0 aromatic heterocycles. The largest absolute Gasteiger partial charge is 0.390 e. The number of aliphatic hydroxyl groups is 2. The Balaban J connectivity index is 1.47. The summed E-state index contributed by atoms with van der Waals surface area (Å²) >= 11 is 0. The van der Waals surface area contributed by atoms with Gasteiger partial charge in [-0.2, -0.15) is 5.10 Å². The topological polar surface area (TPSA) is 64.9 Å². The van der Waals surface area contributed by atoms with Crippen LogP contribution < -0.4 is 5.43 Å². The van der Waals surface area contributed by atoms with Crippen LogP contribution in [0, 0.1) is 40.4 Å². The van der Waals surface area contributed by atoms with Gasteiger partial charge in [0.05, 0.1) is 17.7 Å². The van der Waals surface area contributed by atoms with E-state index in [0.29, 0.717) is 29.2 Å². The van der Waals surface area contributed by atoms with Crippen LogP contribution in [-0.4, -0.2) is 34.2 Å². The lowest BCUT2D eigenvalue weighted by atomic mass is 9.43. The molecule has 0 saturated heterocycles. The Hall–Kier alpha value is -0.610. The molecule has 4 aliphatic carbocycles. The second kappa shape index (κ2) is 5.01. The number of hydrogen-bond donors (Lipinski definition) is 3. The summed E-state index contributed by atoms with van der Waals surface area (Å²) < 4.78 is 0. The van der Waals surface area contributed by atoms with Crippen LogP contribution >= 0.6 is 0 Å². The molecule has 4 saturated carbocycles. The van der Waals surface area contributed by atoms with Gasteiger partial charge in [0.25, 0.3) is 0 Å². The first-order chi connectivity index (χ1) is 11.8. The number of nitrogens with zero attached hydrogens (tertiary/aromatic N) is 1. The maximum absolute atomic E-state index is 11.1. The SMILES string of the molecule is C[C@]12C[C@@H]3C=NN[C@@H]3C[C@@H]1CC[C@@H]1[C@@H]2CC[C@@]2(C)[C@H]1C[C@H](O)[C@]2(C)O. The molecule has 0 amide bonds. The third-order valence-corrected chi connectivity index (χ3v) is 9.97. The van der Waals surface area contributed by atoms with E-state index in [-0.39, 0.29) is 5.41 Å². The zero-order valence-corrected chi connectivity index (χ0v) is 15.9. The van der Waals surface area contributed by atoms with E-state index < -0.39 is 11.7 Å². The van der Waals surface area contributed by atoms with Gasteiger partial charge in [-0.25, -0.2) is 0 Å². The second-order valence-corrected chi connectivity index (χ2v) is 10.6. The fourth-order valence-corrected chi connectivity index (χ4v) is 8.15. The van der Waals surface area contributed by atoms with Gasteiger partial charge >= 0.3 is 0 Å². The molecular formula is C21H34N2O2. The van der Waals surface area contributed by atoms with E-state index in [1.807, 2.05) is 6.92 Å². The van der Waals surface area contributed by atoms with Crippen LogP contribution in [0.2, 0.25) is 0 Å². The van der Waals surface area contributed by atoms with Gasteiger partial charge in [0.2, 0.25) is 0 Å². The van der Waals surface area contributed by atoms with Gasteiger partial charge in [-0.1, -0.05) is 13.8 Å². The Morgan fingerprint density at radius 2 is 1.88 bits per heavy atom. The molecular weight excluding hydrogens is 312 g/mol. The van der Waals surface area contributed by atoms with Crippen LogP contribution in [0.4, 0.5) is 0 Å². The lowest BCUT2D eigenvalue weighted by Crippen LogP contribution is -2.58. The predicted molar refractivity (Wildman–Crippen MR) is 98.0 cm³/mol. The average Bonchev–Trinajstić information content (AvgIpc) is 3.07. The molecule has 0 spiro atoms. The Morgan fingerprint density at radius 3 is 2.68 bits per heavy atom. The van der Waals surface area contributed by atoms with E-state index in [4.69, 9.17) is 0 Å². The number of rotatable bonds is 0. The van der Waals surface area contributed by atoms with E-state index >= 15 is 0 Å². The van der Waals surface area contributed by atoms with Crippen molar-refractivity contribution >= 4 is 6.21 Å². The first-order valence-corrected chi connectivity index (χ1v) is 10.5. The molecule has 140 valence electrons. The summed E-state index contributed by atoms with van der Waals surface area (Å²) in [7, 11) is 0. The fraction of sp³-hybridized carbons (Fsp3) is 0.952. The van der Waals surface area contributed by atoms with Crippen LogP contribution in [0.15, 0.2) is 5.10 Å². The van der Waals surface area contributed by atoms with E-state index in [0.717, 1.165) is 24.7 Å². The standard InChI is InChI=1S/C21H34N2O2/c1-19-10-12-11-22-23-17(12)8-13(19)4-5-14-15(19)6-7-20(2)16(14)9-18(24)21(20,3)25/h11-18,23-25H,4-10H2,1-3H3/t12-,13+,14-,15+,16+,17-,18+,19+,20+,21+/m1/s1. The molecule has 25 heavy (non-hydrogen) atoms. The molecule has 0 aromatic carbocycles. The van der Waals surface area contributed by atoms with E-state index in [2.05, 4.69) is 30.6 Å². The van der Waals surface area contributed by atoms with Crippen molar-refractivity contribution in [1.29, 1.82) is 0 Å². The van der Waals surface area contributed by atoms with Gasteiger partial charge in [-0.05, 0) is 81.0 Å². The smallest absolute Gasteiger partial charge is 0.0933 e. The molecule has 0 unspecified atom stereocenters. The van der Waals surface area contributed by atoms with Crippen molar-refractivity contribution in [2.75, 3.05) is 0 Å². The first kappa shape index (κ1) is 16.6. The lowest BCUT2D eigenvalue weighted by molar-refractivity contribution is -0.162. The molecule has 1 aliphatic heterocycles. The Kier molecular flexibility index (Phi) is 3.32. The highest BCUT2D eigenvalue weighted by Crippen LogP contribution is 2.68. The minimum atomic E-state index is -0.930. The highest BCUT2D eigenvalue weighted by molar-refractivity contribution is 5.64. The molecule has 4 fully saturated rings. The number of aliphatic hydroxyl groups excluding tert-OH is 1. The van der Waals surface area contributed by atoms with Crippen LogP contribution in [0.5, 0.6) is 0 Å². The molecule has 3 N–H and O–H groups in total. The van der Waals surface area contributed by atoms with Crippen molar-refractivity contribution in [3.63, 3.8) is 0 Å². The first-order valence-electron chi connectivity index (χ1n) is 10.5. The highest BCUT2D eigenvalue weighted by atomic mass is 16.3. The minimum Gasteiger partial charge on any atom is -0.390 e. The maximum atomic E-state index is 11.1. The summed E-state index contributed by atoms with van der Waals surface area (Å²) in [5, 5.41) is 26.0. The average molecular weight is 347 g/mol. The summed E-state index contributed by atoms with van der Waals surface area (Å²) in [5.41, 5.74) is 2.70. The lowest BCUT2D eigenvalue weighted by Gasteiger charge is -2.62. The van der Waals surface area contributed by atoms with Crippen LogP contribution in [0.25, 0.3) is 0 Å². The molecule has 5 rings (SSSR count). The van der Waals surface area contributed by atoms with E-state index in [9.17, 15) is 10.2 Å². The van der Waals surface area contributed by atoms with Gasteiger partial charge in [-0.3, -0.25) is 0 Å². The molecule has 0 aromatic rings. The molecule has 0 radical (unpaired) electrons. The van der Waals surface area contributed by atoms with Gasteiger partial charge in [-0.15, -0.1) is 0 Å². The zero-order valence-electron chi connectivity index (χ0n) is 15.9. The van der Waals surface area contributed by atoms with Gasteiger partial charge in [0.15, 0.2) is 0 Å². The summed E-state index contributed by atoms with van der Waals surface area (Å²) in [6, 6.07) is 0.567. The molecule has 4 nitrogen and oxygen atoms in total. The number of nitrogens with one attached hydrogen (secondary N) is 1. The van der Waals surface area contributed by atoms with Gasteiger partial charge < -0.3 is 15.6 Å². The summed E-state index contributed by atoms with van der Waals surface area (Å²) in [6.07, 6.45) is 9.80. The Bertz CT molecular complexity index is 605. The van der Waals surface area contributed by atoms with Crippen LogP contribution in [0.1, 0.15) is 65.7 Å². The van der Waals surface area contributed by atoms with Gasteiger partial charge in [0, 0.05) is 17.5 Å². The van der Waals surface area contributed by atoms with Crippen LogP contribution in [-0.2, 0) is 0 Å². The predicted octanol–water partition coefficient (Wildman–Crippen LogP) is 2.93. The molecule has 4 heteroatoms. The maximum Gasteiger partial charge on any atom is 0.0933 e. The highest BCUT2D eigenvalue weighted by Gasteiger charge is 2.66. The van der Waals surface area contributed by atoms with Crippen molar-refractivity contribution < 1.29 is 10.2 Å². The van der Waals surface area contributed by atoms with Gasteiger partial charge in [0.1, 0.15) is 0 Å². The fourth-order valence-electron chi connectivity index (χ4n) is 8.15. The van der Waals surface area contributed by atoms with Crippen LogP contribution in [0.3, 0.4) is 0 Å². The normalized spacial score (nSPS) is 62.5. The molecule has 10 atom stereocenters. The zero-order chi connectivity index (χ0) is 17.6. The third-order valence-electron chi connectivity index (χ3n) is 9.97. The van der Waals surface area contributed by atoms with E-state index in [1.165, 1.54) is 32.1 Å². The van der Waals surface area contributed by atoms with E-state index in [1.54, 1.807) is 0 Å². The second-order valence-electron chi connectivity index (χ2n) is 10.6. The number of fused-ring (bicyclic) bond motifs is 6. The Labute approximate surface area is 151 Å². The number of hydrogen-bond acceptors (Lipinski definition) is 4. The summed E-state index contributed by atoms with van der Waals surface area (Å²) in [4.78, 5) is 0. The van der Waals surface area contributed by atoms with Crippen molar-refractivity contribution in [3.05, 3.63) is 0 Å². The molecule has 1 heterocycles. The minimum absolute atomic E-state index is 0.121. The quantitative estimate of drug-likeness (QED) is 0.632. The van der Waals surface area contributed by atoms with Crippen molar-refractivity contribution in [2.45, 2.75) is 83.5 Å². The Morgan fingerprint density at radius 1 is 1.08 bits per heavy atom. The summed E-state index contributed by atoms with van der Waals surface area (Å²) in [5.74, 6) is 3.31. The van der Waals surface area contributed by atoms with Crippen molar-refractivity contribution in [1.82, 2.24) is 5.43 Å². The third kappa shape index (κ3) is 1.93.